The van der Waals surface area contributed by atoms with E-state index in [2.05, 4.69) is 27.4 Å². The molecule has 3 aliphatic rings. The molecule has 0 radical (unpaired) electrons. The van der Waals surface area contributed by atoms with Crippen LogP contribution in [0.3, 0.4) is 0 Å². The van der Waals surface area contributed by atoms with Gasteiger partial charge in [0.25, 0.3) is 0 Å². The average molecular weight is 387 g/mol. The van der Waals surface area contributed by atoms with E-state index in [0.29, 0.717) is 19.6 Å². The fourth-order valence-corrected chi connectivity index (χ4v) is 0.375. The molecule has 2 heterocycles. The van der Waals surface area contributed by atoms with Crippen molar-refractivity contribution >= 4 is 17.9 Å². The van der Waals surface area contributed by atoms with Gasteiger partial charge in [0.2, 0.25) is 0 Å². The lowest BCUT2D eigenvalue weighted by Crippen LogP contribution is -2.18. The summed E-state index contributed by atoms with van der Waals surface area (Å²) in [5.41, 5.74) is 0. The Balaban J connectivity index is -0.000000261. The van der Waals surface area contributed by atoms with Crippen molar-refractivity contribution in [3.8, 4) is 6.07 Å². The summed E-state index contributed by atoms with van der Waals surface area (Å²) < 4.78 is 13.3. The quantitative estimate of drug-likeness (QED) is 0.320. The predicted molar refractivity (Wildman–Crippen MR) is 98.0 cm³/mol. The van der Waals surface area contributed by atoms with Crippen LogP contribution in [0.1, 0.15) is 32.1 Å². The van der Waals surface area contributed by atoms with Crippen LogP contribution in [0.2, 0.25) is 0 Å². The van der Waals surface area contributed by atoms with E-state index in [1.807, 2.05) is 0 Å². The summed E-state index contributed by atoms with van der Waals surface area (Å²) in [5, 5.41) is 23.1. The number of hydrogen-bond donors (Lipinski definition) is 2. The average Bonchev–Trinajstić information content (AvgIpc) is 3.48. The number of nitrogens with zero attached hydrogens (tertiary/aromatic N) is 1. The maximum absolute atomic E-state index is 9.68. The molecule has 27 heavy (non-hydrogen) atoms. The van der Waals surface area contributed by atoms with Gasteiger partial charge in [0.1, 0.15) is 6.61 Å². The van der Waals surface area contributed by atoms with Gasteiger partial charge in [0, 0.05) is 19.3 Å². The van der Waals surface area contributed by atoms with Crippen molar-refractivity contribution in [2.75, 3.05) is 33.5 Å². The van der Waals surface area contributed by atoms with Crippen molar-refractivity contribution in [1.82, 2.24) is 0 Å². The molecule has 0 aromatic rings. The molecule has 0 aromatic carbocycles. The van der Waals surface area contributed by atoms with E-state index in [4.69, 9.17) is 15.5 Å². The zero-order valence-corrected chi connectivity index (χ0v) is 15.7. The summed E-state index contributed by atoms with van der Waals surface area (Å²) in [5.74, 6) is -1.86. The molecule has 0 aromatic heterocycles. The van der Waals surface area contributed by atoms with Gasteiger partial charge in [-0.2, -0.15) is 5.26 Å². The van der Waals surface area contributed by atoms with Crippen LogP contribution in [-0.2, 0) is 28.6 Å². The van der Waals surface area contributed by atoms with Crippen LogP contribution in [0, 0.1) is 11.3 Å². The smallest absolute Gasteiger partial charge is 0.327 e. The molecule has 2 N–H and O–H groups in total. The normalized spacial score (nSPS) is 13.1. The summed E-state index contributed by atoms with van der Waals surface area (Å²) in [7, 11) is 1.48. The van der Waals surface area contributed by atoms with E-state index in [0.717, 1.165) is 19.3 Å². The molecule has 1 aliphatic carbocycles. The van der Waals surface area contributed by atoms with Gasteiger partial charge in [-0.05, 0) is 0 Å². The molecule has 9 nitrogen and oxygen atoms in total. The monoisotopic (exact) mass is 387 g/mol. The van der Waals surface area contributed by atoms with Crippen LogP contribution < -0.4 is 0 Å². The van der Waals surface area contributed by atoms with E-state index >= 15 is 0 Å². The Bertz CT molecular complexity index is 435. The third-order valence-electron chi connectivity index (χ3n) is 1.91. The van der Waals surface area contributed by atoms with Crippen LogP contribution in [0.25, 0.3) is 0 Å². The van der Waals surface area contributed by atoms with E-state index in [-0.39, 0.29) is 12.4 Å². The number of rotatable bonds is 4. The first-order valence-corrected chi connectivity index (χ1v) is 8.15. The van der Waals surface area contributed by atoms with E-state index in [1.165, 1.54) is 32.4 Å². The number of carbonyl (C=O) groups excluding carboxylic acids is 1. The van der Waals surface area contributed by atoms with Crippen LogP contribution in [0.5, 0.6) is 0 Å². The zero-order valence-electron chi connectivity index (χ0n) is 15.7. The molecule has 154 valence electrons. The third-order valence-corrected chi connectivity index (χ3v) is 1.91. The van der Waals surface area contributed by atoms with E-state index in [1.54, 1.807) is 6.07 Å². The van der Waals surface area contributed by atoms with Crippen molar-refractivity contribution in [3.05, 3.63) is 25.3 Å². The van der Waals surface area contributed by atoms with Gasteiger partial charge in [0.15, 0.2) is 0 Å². The van der Waals surface area contributed by atoms with Gasteiger partial charge >= 0.3 is 17.9 Å². The van der Waals surface area contributed by atoms with Crippen molar-refractivity contribution in [3.63, 3.8) is 0 Å². The lowest BCUT2D eigenvalue weighted by molar-refractivity contribution is -0.157. The Kier molecular flexibility index (Phi) is 27.5. The summed E-state index contributed by atoms with van der Waals surface area (Å²) in [4.78, 5) is 28.6. The molecular weight excluding hydrogens is 358 g/mol. The second kappa shape index (κ2) is 25.5. The fourth-order valence-electron chi connectivity index (χ4n) is 0.375. The summed E-state index contributed by atoms with van der Waals surface area (Å²) >= 11 is 0. The Morgan fingerprint density at radius 3 is 1.63 bits per heavy atom. The van der Waals surface area contributed by atoms with Crippen molar-refractivity contribution in [2.24, 2.45) is 0 Å². The molecule has 1 saturated carbocycles. The predicted octanol–water partition coefficient (Wildman–Crippen LogP) is 2.18. The van der Waals surface area contributed by atoms with Crippen LogP contribution >= 0.6 is 0 Å². The van der Waals surface area contributed by atoms with Gasteiger partial charge in [-0.15, -0.1) is 0 Å². The molecule has 0 amide bonds. The number of nitriles is 1. The molecule has 9 heteroatoms. The highest BCUT2D eigenvalue weighted by Crippen LogP contribution is 2.14. The molecule has 0 unspecified atom stereocenters. The van der Waals surface area contributed by atoms with Crippen molar-refractivity contribution in [1.29, 1.82) is 5.26 Å². The number of hydrogen-bond acceptors (Lipinski definition) is 7. The number of methoxy groups -OCH3 is 1. The number of epoxide rings is 1. The first kappa shape index (κ1) is 29.1. The Hall–Kier alpha value is -2.70. The number of carbonyl (C=O) groups is 3. The molecule has 0 bridgehead atoms. The first-order chi connectivity index (χ1) is 12.8. The highest BCUT2D eigenvalue weighted by atomic mass is 16.6. The number of carboxylic acids is 2. The first-order valence-electron chi connectivity index (χ1n) is 8.15. The second-order valence-corrected chi connectivity index (χ2v) is 4.66. The van der Waals surface area contributed by atoms with Crippen molar-refractivity contribution in [2.45, 2.75) is 32.1 Å². The Morgan fingerprint density at radius 1 is 1.22 bits per heavy atom. The standard InChI is InChI=1S/C4H8O3.C3H3N.2C3H4O2.C3H6.C2H4O/c1-7-3-2-4(5)6;1-2-3-4;4-3-1-2-5-3;1-2-3(4)5;2*1-2-3-1/h2-3H2,1H3,(H,5,6);2H,1H2;1-2H2;2H,1H2,(H,4,5);1-3H2;1-2H2. The van der Waals surface area contributed by atoms with Crippen LogP contribution in [0.4, 0.5) is 0 Å². The largest absolute Gasteiger partial charge is 0.481 e. The number of carboxylic acid groups (broad SMARTS) is 2. The second-order valence-electron chi connectivity index (χ2n) is 4.66. The Morgan fingerprint density at radius 2 is 1.59 bits per heavy atom. The summed E-state index contributed by atoms with van der Waals surface area (Å²) in [6.45, 7) is 9.02. The van der Waals surface area contributed by atoms with Gasteiger partial charge in [-0.3, -0.25) is 9.59 Å². The molecule has 3 rings (SSSR count). The molecule has 2 aliphatic heterocycles. The van der Waals surface area contributed by atoms with Crippen molar-refractivity contribution < 1.29 is 38.8 Å². The van der Waals surface area contributed by atoms with Gasteiger partial charge in [-0.1, -0.05) is 32.4 Å². The van der Waals surface area contributed by atoms with E-state index < -0.39 is 11.9 Å². The number of allylic oxidation sites excluding steroid dienone is 1. The highest BCUT2D eigenvalue weighted by molar-refractivity contribution is 5.78. The summed E-state index contributed by atoms with van der Waals surface area (Å²) in [6.07, 6.45) is 7.23. The SMILES string of the molecule is C1CC1.C1CO1.C=CC#N.C=CC(=O)O.COCCC(=O)O.O=C1CCO1. The van der Waals surface area contributed by atoms with Gasteiger partial charge in [0.05, 0.1) is 38.7 Å². The summed E-state index contributed by atoms with van der Waals surface area (Å²) in [6, 6.07) is 1.69. The molecule has 3 fully saturated rings. The minimum Gasteiger partial charge on any atom is -0.481 e. The number of esters is 1. The maximum Gasteiger partial charge on any atom is 0.327 e. The highest BCUT2D eigenvalue weighted by Gasteiger charge is 2.10. The maximum atomic E-state index is 9.68. The van der Waals surface area contributed by atoms with Crippen LogP contribution in [0.15, 0.2) is 25.3 Å². The number of aliphatic carboxylic acids is 2. The van der Waals surface area contributed by atoms with Crippen LogP contribution in [-0.4, -0.2) is 61.7 Å². The molecule has 0 atom stereocenters. The van der Waals surface area contributed by atoms with E-state index in [9.17, 15) is 14.4 Å². The minimum atomic E-state index is -0.981. The minimum absolute atomic E-state index is 0.0648. The lowest BCUT2D eigenvalue weighted by Gasteiger charge is -2.09. The van der Waals surface area contributed by atoms with Gasteiger partial charge in [-0.25, -0.2) is 4.79 Å². The third kappa shape index (κ3) is 69.9. The number of ether oxygens (including phenoxy) is 3. The molecule has 2 saturated heterocycles. The fraction of sp³-hybridized carbons (Fsp3) is 0.556. The molecule has 0 spiro atoms. The Labute approximate surface area is 159 Å². The van der Waals surface area contributed by atoms with Gasteiger partial charge < -0.3 is 24.4 Å². The molecular formula is C18H29NO8. The topological polar surface area (TPSA) is 146 Å². The zero-order chi connectivity index (χ0) is 21.3. The lowest BCUT2D eigenvalue weighted by atomic mass is 10.4. The number of cyclic esters (lactones) is 1.